The van der Waals surface area contributed by atoms with E-state index >= 15 is 0 Å². The zero-order chi connectivity index (χ0) is 15.7. The minimum atomic E-state index is -0.596. The van der Waals surface area contributed by atoms with Crippen molar-refractivity contribution >= 4 is 0 Å². The number of H-pyrrole nitrogens is 1. The molecule has 3 rings (SSSR count). The molecule has 3 N–H and O–H groups in total. The second-order valence-electron chi connectivity index (χ2n) is 4.56. The fourth-order valence-electron chi connectivity index (χ4n) is 2.01. The van der Waals surface area contributed by atoms with Gasteiger partial charge in [-0.25, -0.2) is 14.3 Å². The van der Waals surface area contributed by atoms with E-state index in [-0.39, 0.29) is 12.3 Å². The molecule has 0 unspecified atom stereocenters. The maximum absolute atomic E-state index is 13.6. The number of nitrogens with one attached hydrogen (secondary N) is 1. The Morgan fingerprint density at radius 3 is 2.91 bits per heavy atom. The van der Waals surface area contributed by atoms with Crippen LogP contribution in [0.5, 0.6) is 5.75 Å². The molecule has 114 valence electrons. The van der Waals surface area contributed by atoms with Gasteiger partial charge in [-0.15, -0.1) is 0 Å². The number of aromatic nitrogens is 6. The molecule has 9 nitrogen and oxygen atoms in total. The maximum atomic E-state index is 13.6. The van der Waals surface area contributed by atoms with Crippen molar-refractivity contribution in [1.82, 2.24) is 30.1 Å². The second-order valence-corrected chi connectivity index (χ2v) is 4.56. The number of halogens is 1. The maximum Gasteiger partial charge on any atom is 0.365 e. The van der Waals surface area contributed by atoms with Gasteiger partial charge in [0.2, 0.25) is 0 Å². The number of nitrogens with zero attached hydrogens (tertiary/aromatic N) is 5. The van der Waals surface area contributed by atoms with E-state index in [1.165, 1.54) is 6.07 Å². The number of rotatable bonds is 4. The highest BCUT2D eigenvalue weighted by Crippen LogP contribution is 2.27. The Balaban J connectivity index is 1.99. The zero-order valence-corrected chi connectivity index (χ0v) is 11.5. The number of aromatic amines is 1. The molecule has 0 radical (unpaired) electrons. The monoisotopic (exact) mass is 305 g/mol. The topological polar surface area (TPSA) is 117 Å². The highest BCUT2D eigenvalue weighted by Gasteiger charge is 2.15. The molecule has 0 bridgehead atoms. The van der Waals surface area contributed by atoms with Gasteiger partial charge in [0, 0.05) is 12.3 Å². The van der Waals surface area contributed by atoms with Crippen LogP contribution in [0.1, 0.15) is 11.3 Å². The van der Waals surface area contributed by atoms with Gasteiger partial charge in [-0.3, -0.25) is 0 Å². The largest absolute Gasteiger partial charge is 0.485 e. The number of nitrogen functional groups attached to an aromatic ring is 1. The van der Waals surface area contributed by atoms with Crippen LogP contribution in [0.25, 0.3) is 5.69 Å². The summed E-state index contributed by atoms with van der Waals surface area (Å²) in [5, 5.41) is 13.1. The second kappa shape index (κ2) is 5.31. The summed E-state index contributed by atoms with van der Waals surface area (Å²) in [6.45, 7) is 1.77. The van der Waals surface area contributed by atoms with Gasteiger partial charge in [-0.2, -0.15) is 14.6 Å². The molecule has 10 heteroatoms. The molecular weight excluding hydrogens is 293 g/mol. The number of tetrazole rings is 1. The summed E-state index contributed by atoms with van der Waals surface area (Å²) < 4.78 is 20.2. The van der Waals surface area contributed by atoms with E-state index in [9.17, 15) is 9.18 Å². The van der Waals surface area contributed by atoms with Crippen LogP contribution in [0.2, 0.25) is 0 Å². The highest BCUT2D eigenvalue weighted by molar-refractivity contribution is 5.51. The van der Waals surface area contributed by atoms with Crippen molar-refractivity contribution in [1.29, 1.82) is 0 Å². The van der Waals surface area contributed by atoms with E-state index in [0.29, 0.717) is 17.0 Å². The average Bonchev–Trinajstić information content (AvgIpc) is 3.05. The Kier molecular flexibility index (Phi) is 3.33. The summed E-state index contributed by atoms with van der Waals surface area (Å²) in [6.07, 6.45) is 1.57. The van der Waals surface area contributed by atoms with Crippen molar-refractivity contribution in [2.45, 2.75) is 13.5 Å². The molecule has 2 aromatic heterocycles. The molecule has 0 amide bonds. The Hall–Kier alpha value is -3.17. The molecule has 0 aliphatic heterocycles. The van der Waals surface area contributed by atoms with Gasteiger partial charge in [0.05, 0.1) is 0 Å². The van der Waals surface area contributed by atoms with Crippen LogP contribution >= 0.6 is 0 Å². The molecule has 2 heterocycles. The van der Waals surface area contributed by atoms with E-state index in [1.54, 1.807) is 19.2 Å². The summed E-state index contributed by atoms with van der Waals surface area (Å²) >= 11 is 0. The third-order valence-corrected chi connectivity index (χ3v) is 2.95. The number of aryl methyl sites for hydroxylation is 1. The lowest BCUT2D eigenvalue weighted by atomic mass is 10.2. The number of hydrogen-bond acceptors (Lipinski definition) is 6. The average molecular weight is 305 g/mol. The molecule has 3 aromatic rings. The van der Waals surface area contributed by atoms with Gasteiger partial charge >= 0.3 is 5.69 Å². The molecule has 0 aliphatic carbocycles. The molecule has 0 aliphatic rings. The number of hydrogen-bond donors (Lipinski definition) is 2. The van der Waals surface area contributed by atoms with E-state index in [0.717, 1.165) is 15.5 Å². The lowest BCUT2D eigenvalue weighted by Crippen LogP contribution is -2.18. The first-order chi connectivity index (χ1) is 10.5. The predicted molar refractivity (Wildman–Crippen MR) is 73.4 cm³/mol. The van der Waals surface area contributed by atoms with Crippen LogP contribution in [0.15, 0.2) is 29.2 Å². The van der Waals surface area contributed by atoms with Crippen LogP contribution in [0, 0.1) is 12.7 Å². The summed E-state index contributed by atoms with van der Waals surface area (Å²) in [4.78, 5) is 12.8. The van der Waals surface area contributed by atoms with Crippen LogP contribution in [-0.4, -0.2) is 30.1 Å². The van der Waals surface area contributed by atoms with Gasteiger partial charge < -0.3 is 10.6 Å². The van der Waals surface area contributed by atoms with Gasteiger partial charge in [-0.05, 0) is 35.0 Å². The quantitative estimate of drug-likeness (QED) is 0.650. The minimum absolute atomic E-state index is 0.107. The first kappa shape index (κ1) is 13.8. The Morgan fingerprint density at radius 2 is 2.27 bits per heavy atom. The standard InChI is InChI=1S/C12H12FN7O2/c1-7-4-8(13)5-10(20-12(21)15-17-18-20)11(7)22-6-9-2-3-19(14)16-9/h2-5H,6,14H2,1H3,(H,15,18,21). The highest BCUT2D eigenvalue weighted by atomic mass is 19.1. The number of nitrogens with two attached hydrogens (primary N) is 1. The Labute approximate surface area is 123 Å². The van der Waals surface area contributed by atoms with E-state index in [1.807, 2.05) is 0 Å². The molecule has 0 saturated heterocycles. The fraction of sp³-hybridized carbons (Fsp3) is 0.167. The Bertz CT molecular complexity index is 866. The molecule has 0 spiro atoms. The molecule has 0 fully saturated rings. The molecule has 0 saturated carbocycles. The van der Waals surface area contributed by atoms with Gasteiger partial charge in [0.1, 0.15) is 29.6 Å². The zero-order valence-electron chi connectivity index (χ0n) is 11.5. The molecule has 0 atom stereocenters. The third kappa shape index (κ3) is 2.53. The molecule has 1 aromatic carbocycles. The smallest absolute Gasteiger partial charge is 0.365 e. The van der Waals surface area contributed by atoms with Crippen molar-refractivity contribution in [3.63, 3.8) is 0 Å². The summed E-state index contributed by atoms with van der Waals surface area (Å²) in [6, 6.07) is 4.13. The van der Waals surface area contributed by atoms with Gasteiger partial charge in [0.25, 0.3) is 0 Å². The van der Waals surface area contributed by atoms with Crippen molar-refractivity contribution in [3.05, 3.63) is 52.0 Å². The van der Waals surface area contributed by atoms with Crippen molar-refractivity contribution in [3.8, 4) is 11.4 Å². The van der Waals surface area contributed by atoms with Crippen molar-refractivity contribution < 1.29 is 9.13 Å². The van der Waals surface area contributed by atoms with E-state index < -0.39 is 11.5 Å². The lowest BCUT2D eigenvalue weighted by molar-refractivity contribution is 0.296. The van der Waals surface area contributed by atoms with Gasteiger partial charge in [0.15, 0.2) is 0 Å². The summed E-state index contributed by atoms with van der Waals surface area (Å²) in [7, 11) is 0. The Morgan fingerprint density at radius 1 is 1.45 bits per heavy atom. The first-order valence-electron chi connectivity index (χ1n) is 6.28. The van der Waals surface area contributed by atoms with Crippen LogP contribution in [0.4, 0.5) is 4.39 Å². The van der Waals surface area contributed by atoms with Crippen molar-refractivity contribution in [2.24, 2.45) is 0 Å². The molecule has 22 heavy (non-hydrogen) atoms. The summed E-state index contributed by atoms with van der Waals surface area (Å²) in [5.74, 6) is 5.25. The van der Waals surface area contributed by atoms with Crippen LogP contribution in [0.3, 0.4) is 0 Å². The van der Waals surface area contributed by atoms with Crippen LogP contribution in [-0.2, 0) is 6.61 Å². The first-order valence-corrected chi connectivity index (χ1v) is 6.28. The van der Waals surface area contributed by atoms with Gasteiger partial charge in [-0.1, -0.05) is 0 Å². The van der Waals surface area contributed by atoms with E-state index in [4.69, 9.17) is 10.6 Å². The van der Waals surface area contributed by atoms with E-state index in [2.05, 4.69) is 20.6 Å². The van der Waals surface area contributed by atoms with Crippen LogP contribution < -0.4 is 16.3 Å². The third-order valence-electron chi connectivity index (χ3n) is 2.95. The number of benzene rings is 1. The minimum Gasteiger partial charge on any atom is -0.485 e. The lowest BCUT2D eigenvalue weighted by Gasteiger charge is -2.12. The molecular formula is C12H12FN7O2. The fourth-order valence-corrected chi connectivity index (χ4v) is 2.01. The summed E-state index contributed by atoms with van der Waals surface area (Å²) in [5.41, 5.74) is 0.659. The SMILES string of the molecule is Cc1cc(F)cc(-n2nn[nH]c2=O)c1OCc1ccn(N)n1. The van der Waals surface area contributed by atoms with Crippen molar-refractivity contribution in [2.75, 3.05) is 5.84 Å². The normalized spacial score (nSPS) is 10.8. The number of ether oxygens (including phenoxy) is 1. The predicted octanol–water partition coefficient (Wildman–Crippen LogP) is -0.108.